The smallest absolute Gasteiger partial charge is 0.354 e. The Balaban J connectivity index is 2.65. The predicted octanol–water partition coefficient (Wildman–Crippen LogP) is 2.01. The van der Waals surface area contributed by atoms with Crippen LogP contribution in [0, 0.1) is 11.3 Å². The fourth-order valence-corrected chi connectivity index (χ4v) is 2.99. The second kappa shape index (κ2) is 7.64. The molecule has 1 fully saturated rings. The Kier molecular flexibility index (Phi) is 6.67. The molecular formula is C15H28F3N3O. The maximum absolute atomic E-state index is 13.2. The lowest BCUT2D eigenvalue weighted by molar-refractivity contribution is -0.184. The van der Waals surface area contributed by atoms with E-state index in [1.165, 1.54) is 4.90 Å². The lowest BCUT2D eigenvalue weighted by atomic mass is 9.83. The summed E-state index contributed by atoms with van der Waals surface area (Å²) in [6.45, 7) is 8.92. The fraction of sp³-hybridized carbons (Fsp3) is 0.933. The van der Waals surface area contributed by atoms with Crippen LogP contribution in [-0.4, -0.2) is 55.7 Å². The standard InChI is InChI=1S/C15H28F3N3O/c1-11(2)9-14(3,4)13(22)20-10-12(15(16,17)18)21-7-5-19-6-8-21/h11-12,19H,5-10H2,1-4H3,(H,20,22). The number of rotatable bonds is 6. The molecule has 7 heteroatoms. The minimum absolute atomic E-state index is 0.312. The molecule has 1 aliphatic rings. The molecule has 0 radical (unpaired) electrons. The minimum Gasteiger partial charge on any atom is -0.354 e. The van der Waals surface area contributed by atoms with E-state index in [0.717, 1.165) is 0 Å². The summed E-state index contributed by atoms with van der Waals surface area (Å²) in [7, 11) is 0. The van der Waals surface area contributed by atoms with Crippen molar-refractivity contribution in [2.24, 2.45) is 11.3 Å². The summed E-state index contributed by atoms with van der Waals surface area (Å²) in [5.41, 5.74) is -0.659. The maximum Gasteiger partial charge on any atom is 0.405 e. The van der Waals surface area contributed by atoms with Gasteiger partial charge in [0.1, 0.15) is 6.04 Å². The van der Waals surface area contributed by atoms with Crippen LogP contribution >= 0.6 is 0 Å². The van der Waals surface area contributed by atoms with Gasteiger partial charge >= 0.3 is 6.18 Å². The summed E-state index contributed by atoms with van der Waals surface area (Å²) >= 11 is 0. The van der Waals surface area contributed by atoms with Crippen molar-refractivity contribution < 1.29 is 18.0 Å². The van der Waals surface area contributed by atoms with Gasteiger partial charge in [-0.2, -0.15) is 13.2 Å². The second-order valence-corrected chi connectivity index (χ2v) is 7.04. The number of nitrogens with zero attached hydrogens (tertiary/aromatic N) is 1. The number of hydrogen-bond donors (Lipinski definition) is 2. The van der Waals surface area contributed by atoms with Crippen molar-refractivity contribution in [2.75, 3.05) is 32.7 Å². The summed E-state index contributed by atoms with van der Waals surface area (Å²) in [6.07, 6.45) is -3.70. The van der Waals surface area contributed by atoms with E-state index in [0.29, 0.717) is 38.5 Å². The predicted molar refractivity (Wildman–Crippen MR) is 80.5 cm³/mol. The van der Waals surface area contributed by atoms with Crippen molar-refractivity contribution in [3.05, 3.63) is 0 Å². The molecule has 0 saturated carbocycles. The van der Waals surface area contributed by atoms with Gasteiger partial charge in [-0.1, -0.05) is 27.7 Å². The third-order valence-electron chi connectivity index (χ3n) is 3.96. The van der Waals surface area contributed by atoms with Crippen LogP contribution < -0.4 is 10.6 Å². The lowest BCUT2D eigenvalue weighted by Crippen LogP contribution is -2.58. The first-order valence-electron chi connectivity index (χ1n) is 7.84. The van der Waals surface area contributed by atoms with Gasteiger partial charge in [0.05, 0.1) is 0 Å². The van der Waals surface area contributed by atoms with E-state index in [4.69, 9.17) is 0 Å². The monoisotopic (exact) mass is 323 g/mol. The molecule has 0 bridgehead atoms. The number of halogens is 3. The molecule has 0 aromatic rings. The van der Waals surface area contributed by atoms with E-state index >= 15 is 0 Å². The molecular weight excluding hydrogens is 295 g/mol. The topological polar surface area (TPSA) is 44.4 Å². The average molecular weight is 323 g/mol. The molecule has 0 aromatic heterocycles. The Bertz CT molecular complexity index is 364. The van der Waals surface area contributed by atoms with Crippen LogP contribution in [-0.2, 0) is 4.79 Å². The largest absolute Gasteiger partial charge is 0.405 e. The molecule has 22 heavy (non-hydrogen) atoms. The maximum atomic E-state index is 13.2. The van der Waals surface area contributed by atoms with Gasteiger partial charge in [-0.15, -0.1) is 0 Å². The first-order chi connectivity index (χ1) is 10.0. The molecule has 130 valence electrons. The van der Waals surface area contributed by atoms with Gasteiger partial charge in [0, 0.05) is 38.1 Å². The molecule has 1 rings (SSSR count). The number of amides is 1. The number of carbonyl (C=O) groups excluding carboxylic acids is 1. The van der Waals surface area contributed by atoms with Crippen molar-refractivity contribution in [3.63, 3.8) is 0 Å². The Labute approximate surface area is 130 Å². The zero-order valence-corrected chi connectivity index (χ0v) is 13.9. The number of hydrogen-bond acceptors (Lipinski definition) is 3. The highest BCUT2D eigenvalue weighted by atomic mass is 19.4. The quantitative estimate of drug-likeness (QED) is 0.786. The van der Waals surface area contributed by atoms with Crippen molar-refractivity contribution in [2.45, 2.75) is 46.3 Å². The Hall–Kier alpha value is -0.820. The summed E-state index contributed by atoms with van der Waals surface area (Å²) in [5, 5.41) is 5.55. The zero-order valence-electron chi connectivity index (χ0n) is 13.9. The summed E-state index contributed by atoms with van der Waals surface area (Å²) in [5.74, 6) is -0.00193. The van der Waals surface area contributed by atoms with E-state index in [-0.39, 0.29) is 12.5 Å². The van der Waals surface area contributed by atoms with Crippen LogP contribution in [0.25, 0.3) is 0 Å². The first kappa shape index (κ1) is 19.2. The number of nitrogens with one attached hydrogen (secondary N) is 2. The van der Waals surface area contributed by atoms with Gasteiger partial charge in [-0.3, -0.25) is 9.69 Å². The molecule has 1 amide bonds. The molecule has 0 aliphatic carbocycles. The SMILES string of the molecule is CC(C)CC(C)(C)C(=O)NCC(N1CCNCC1)C(F)(F)F. The molecule has 0 aromatic carbocycles. The van der Waals surface area contributed by atoms with Crippen LogP contribution in [0.15, 0.2) is 0 Å². The Morgan fingerprint density at radius 1 is 1.23 bits per heavy atom. The average Bonchev–Trinajstić information content (AvgIpc) is 2.36. The number of piperazine rings is 1. The molecule has 1 unspecified atom stereocenters. The molecule has 1 saturated heterocycles. The molecule has 4 nitrogen and oxygen atoms in total. The van der Waals surface area contributed by atoms with Crippen molar-refractivity contribution in [1.29, 1.82) is 0 Å². The van der Waals surface area contributed by atoms with Gasteiger partial charge in [-0.25, -0.2) is 0 Å². The molecule has 2 N–H and O–H groups in total. The fourth-order valence-electron chi connectivity index (χ4n) is 2.99. The van der Waals surface area contributed by atoms with Crippen molar-refractivity contribution in [1.82, 2.24) is 15.5 Å². The molecule has 1 heterocycles. The normalized spacial score (nSPS) is 19.3. The van der Waals surface area contributed by atoms with Crippen LogP contribution in [0.2, 0.25) is 0 Å². The van der Waals surface area contributed by atoms with Crippen molar-refractivity contribution in [3.8, 4) is 0 Å². The van der Waals surface area contributed by atoms with Crippen LogP contribution in [0.5, 0.6) is 0 Å². The van der Waals surface area contributed by atoms with Gasteiger partial charge in [-0.05, 0) is 12.3 Å². The van der Waals surface area contributed by atoms with Gasteiger partial charge in [0.25, 0.3) is 0 Å². The Morgan fingerprint density at radius 2 is 1.77 bits per heavy atom. The number of carbonyl (C=O) groups is 1. The molecule has 0 spiro atoms. The third kappa shape index (κ3) is 5.76. The van der Waals surface area contributed by atoms with Crippen molar-refractivity contribution >= 4 is 5.91 Å². The second-order valence-electron chi connectivity index (χ2n) is 7.04. The lowest BCUT2D eigenvalue weighted by Gasteiger charge is -2.36. The first-order valence-corrected chi connectivity index (χ1v) is 7.84. The van der Waals surface area contributed by atoms with Gasteiger partial charge in [0.15, 0.2) is 0 Å². The van der Waals surface area contributed by atoms with E-state index in [1.54, 1.807) is 13.8 Å². The number of alkyl halides is 3. The van der Waals surface area contributed by atoms with E-state index in [2.05, 4.69) is 10.6 Å². The minimum atomic E-state index is -4.34. The van der Waals surface area contributed by atoms with E-state index in [9.17, 15) is 18.0 Å². The highest BCUT2D eigenvalue weighted by Crippen LogP contribution is 2.27. The zero-order chi connectivity index (χ0) is 17.0. The third-order valence-corrected chi connectivity index (χ3v) is 3.96. The van der Waals surface area contributed by atoms with Gasteiger partial charge in [0.2, 0.25) is 5.91 Å². The summed E-state index contributed by atoms with van der Waals surface area (Å²) in [6, 6.07) is -1.62. The van der Waals surface area contributed by atoms with Crippen LogP contribution in [0.1, 0.15) is 34.1 Å². The van der Waals surface area contributed by atoms with E-state index < -0.39 is 17.6 Å². The summed E-state index contributed by atoms with van der Waals surface area (Å²) in [4.78, 5) is 13.6. The molecule has 1 aliphatic heterocycles. The summed E-state index contributed by atoms with van der Waals surface area (Å²) < 4.78 is 39.7. The Morgan fingerprint density at radius 3 is 2.23 bits per heavy atom. The van der Waals surface area contributed by atoms with Crippen LogP contribution in [0.4, 0.5) is 13.2 Å². The molecule has 1 atom stereocenters. The highest BCUT2D eigenvalue weighted by molar-refractivity contribution is 5.81. The van der Waals surface area contributed by atoms with Crippen LogP contribution in [0.3, 0.4) is 0 Å². The van der Waals surface area contributed by atoms with E-state index in [1.807, 2.05) is 13.8 Å². The van der Waals surface area contributed by atoms with Gasteiger partial charge < -0.3 is 10.6 Å². The highest BCUT2D eigenvalue weighted by Gasteiger charge is 2.44.